The third-order valence-corrected chi connectivity index (χ3v) is 6.05. The van der Waals surface area contributed by atoms with Gasteiger partial charge in [0.15, 0.2) is 0 Å². The van der Waals surface area contributed by atoms with Crippen LogP contribution in [0.1, 0.15) is 47.9 Å². The summed E-state index contributed by atoms with van der Waals surface area (Å²) in [6.07, 6.45) is 7.19. The van der Waals surface area contributed by atoms with Gasteiger partial charge in [-0.15, -0.1) is 0 Å². The fraction of sp³-hybridized carbons (Fsp3) is 0.417. The lowest BCUT2D eigenvalue weighted by Crippen LogP contribution is -2.08. The normalized spacial score (nSPS) is 13.9. The van der Waals surface area contributed by atoms with E-state index in [1.165, 1.54) is 0 Å². The van der Waals surface area contributed by atoms with Gasteiger partial charge in [-0.1, -0.05) is 24.3 Å². The minimum absolute atomic E-state index is 0.274. The number of thiol groups is 2. The first-order valence-corrected chi connectivity index (χ1v) is 11.3. The highest BCUT2D eigenvalue weighted by atomic mass is 32.1. The molecule has 0 saturated carbocycles. The highest BCUT2D eigenvalue weighted by Gasteiger charge is 2.08. The van der Waals surface area contributed by atoms with E-state index in [0.29, 0.717) is 24.6 Å². The van der Waals surface area contributed by atoms with E-state index in [9.17, 15) is 10.2 Å². The highest BCUT2D eigenvalue weighted by molar-refractivity contribution is 7.81. The van der Waals surface area contributed by atoms with Gasteiger partial charge in [0.05, 0.1) is 0 Å². The van der Waals surface area contributed by atoms with E-state index in [1.807, 2.05) is 50.2 Å². The Morgan fingerprint density at radius 3 is 1.53 bits per heavy atom. The second-order valence-corrected chi connectivity index (χ2v) is 9.02. The van der Waals surface area contributed by atoms with E-state index < -0.39 is 0 Å². The van der Waals surface area contributed by atoms with Crippen molar-refractivity contribution in [3.8, 4) is 11.5 Å². The maximum Gasteiger partial charge on any atom is 0.127 e. The number of nitrogens with zero attached hydrogens (tertiary/aromatic N) is 2. The van der Waals surface area contributed by atoms with Crippen LogP contribution in [0.2, 0.25) is 0 Å². The molecule has 0 bridgehead atoms. The molecule has 30 heavy (non-hydrogen) atoms. The first kappa shape index (κ1) is 24.4. The average Bonchev–Trinajstić information content (AvgIpc) is 2.72. The van der Waals surface area contributed by atoms with Gasteiger partial charge in [-0.05, 0) is 62.8 Å². The summed E-state index contributed by atoms with van der Waals surface area (Å²) in [5.41, 5.74) is 3.21. The average molecular weight is 445 g/mol. The van der Waals surface area contributed by atoms with Crippen molar-refractivity contribution >= 4 is 37.7 Å². The standard InChI is InChI=1S/C24H32N2O2S2/c1-17-5-3-7-19(23(17)27)15-25-13-11-21(29)9-10-22(30)12-14-26-16-20-8-4-6-18(2)24(20)28/h3-8,15-16,21-22,27-30H,9-14H2,1-2H3. The molecule has 0 aliphatic heterocycles. The number of aromatic hydroxyl groups is 2. The summed E-state index contributed by atoms with van der Waals surface area (Å²) >= 11 is 9.33. The number of hydrogen-bond acceptors (Lipinski definition) is 6. The second-order valence-electron chi connectivity index (χ2n) is 7.56. The lowest BCUT2D eigenvalue weighted by molar-refractivity contribution is 0.470. The molecule has 0 aromatic heterocycles. The van der Waals surface area contributed by atoms with Crippen LogP contribution >= 0.6 is 25.3 Å². The molecule has 0 radical (unpaired) electrons. The monoisotopic (exact) mass is 444 g/mol. The van der Waals surface area contributed by atoms with Gasteiger partial charge in [-0.3, -0.25) is 9.98 Å². The van der Waals surface area contributed by atoms with Crippen LogP contribution in [0.3, 0.4) is 0 Å². The molecule has 162 valence electrons. The summed E-state index contributed by atoms with van der Waals surface area (Å²) in [6, 6.07) is 11.3. The summed E-state index contributed by atoms with van der Waals surface area (Å²) in [7, 11) is 0. The summed E-state index contributed by atoms with van der Waals surface area (Å²) in [4.78, 5) is 8.84. The molecule has 2 unspecified atom stereocenters. The summed E-state index contributed by atoms with van der Waals surface area (Å²) in [5.74, 6) is 0.587. The zero-order valence-corrected chi connectivity index (χ0v) is 19.5. The molecule has 0 amide bonds. The Labute approximate surface area is 191 Å². The lowest BCUT2D eigenvalue weighted by atomic mass is 10.1. The fourth-order valence-corrected chi connectivity index (χ4v) is 3.55. The highest BCUT2D eigenvalue weighted by Crippen LogP contribution is 2.21. The molecule has 4 nitrogen and oxygen atoms in total. The zero-order chi connectivity index (χ0) is 21.9. The van der Waals surface area contributed by atoms with Crippen molar-refractivity contribution in [2.45, 2.75) is 50.0 Å². The lowest BCUT2D eigenvalue weighted by Gasteiger charge is -2.13. The number of hydrogen-bond donors (Lipinski definition) is 4. The molecule has 0 spiro atoms. The van der Waals surface area contributed by atoms with Crippen LogP contribution in [0.5, 0.6) is 11.5 Å². The van der Waals surface area contributed by atoms with Gasteiger partial charge in [0, 0.05) is 47.1 Å². The molecule has 0 heterocycles. The quantitative estimate of drug-likeness (QED) is 0.277. The first-order chi connectivity index (χ1) is 14.4. The molecule has 0 fully saturated rings. The Balaban J connectivity index is 1.64. The molecular formula is C24H32N2O2S2. The van der Waals surface area contributed by atoms with Crippen LogP contribution < -0.4 is 0 Å². The summed E-state index contributed by atoms with van der Waals surface area (Å²) in [6.45, 7) is 5.12. The number of aryl methyl sites for hydroxylation is 2. The van der Waals surface area contributed by atoms with Crippen molar-refractivity contribution in [2.24, 2.45) is 9.98 Å². The number of phenolic OH excluding ortho intramolecular Hbond substituents is 2. The zero-order valence-electron chi connectivity index (χ0n) is 17.7. The molecule has 2 aromatic rings. The third-order valence-electron chi connectivity index (χ3n) is 5.01. The van der Waals surface area contributed by atoms with Crippen LogP contribution in [0.25, 0.3) is 0 Å². The smallest absolute Gasteiger partial charge is 0.127 e. The Morgan fingerprint density at radius 1 is 0.733 bits per heavy atom. The van der Waals surface area contributed by atoms with Crippen LogP contribution in [-0.4, -0.2) is 46.2 Å². The van der Waals surface area contributed by atoms with Crippen molar-refractivity contribution in [3.05, 3.63) is 58.7 Å². The van der Waals surface area contributed by atoms with Crippen molar-refractivity contribution in [1.82, 2.24) is 0 Å². The van der Waals surface area contributed by atoms with Crippen molar-refractivity contribution in [2.75, 3.05) is 13.1 Å². The van der Waals surface area contributed by atoms with Crippen molar-refractivity contribution in [3.63, 3.8) is 0 Å². The van der Waals surface area contributed by atoms with Crippen LogP contribution in [-0.2, 0) is 0 Å². The number of benzene rings is 2. The minimum Gasteiger partial charge on any atom is -0.507 e. The Hall–Kier alpha value is -1.92. The van der Waals surface area contributed by atoms with Gasteiger partial charge in [0.1, 0.15) is 11.5 Å². The SMILES string of the molecule is Cc1cccc(C=NCCC(S)CCC(S)CCN=Cc2cccc(C)c2O)c1O. The van der Waals surface area contributed by atoms with Gasteiger partial charge in [-0.2, -0.15) is 25.3 Å². The minimum atomic E-state index is 0.274. The molecule has 2 N–H and O–H groups in total. The number of phenols is 2. The topological polar surface area (TPSA) is 65.2 Å². The molecule has 2 atom stereocenters. The number of para-hydroxylation sites is 2. The van der Waals surface area contributed by atoms with E-state index in [2.05, 4.69) is 35.2 Å². The van der Waals surface area contributed by atoms with Gasteiger partial charge in [-0.25, -0.2) is 0 Å². The molecule has 0 aliphatic carbocycles. The second kappa shape index (κ2) is 12.7. The third kappa shape index (κ3) is 8.07. The molecule has 0 aliphatic rings. The van der Waals surface area contributed by atoms with Gasteiger partial charge in [0.25, 0.3) is 0 Å². The van der Waals surface area contributed by atoms with Gasteiger partial charge >= 0.3 is 0 Å². The fourth-order valence-electron chi connectivity index (χ4n) is 3.02. The largest absolute Gasteiger partial charge is 0.507 e. The Kier molecular flexibility index (Phi) is 10.3. The van der Waals surface area contributed by atoms with E-state index >= 15 is 0 Å². The summed E-state index contributed by atoms with van der Waals surface area (Å²) < 4.78 is 0. The predicted molar refractivity (Wildman–Crippen MR) is 135 cm³/mol. The van der Waals surface area contributed by atoms with Crippen LogP contribution in [0.4, 0.5) is 0 Å². The van der Waals surface area contributed by atoms with E-state index in [-0.39, 0.29) is 10.5 Å². The predicted octanol–water partition coefficient (Wildman–Crippen LogP) is 5.41. The first-order valence-electron chi connectivity index (χ1n) is 10.3. The van der Waals surface area contributed by atoms with Gasteiger partial charge < -0.3 is 10.2 Å². The number of aliphatic imine (C=N–C) groups is 2. The Bertz CT molecular complexity index is 797. The summed E-state index contributed by atoms with van der Waals surface area (Å²) in [5, 5.41) is 20.5. The maximum absolute atomic E-state index is 9.99. The maximum atomic E-state index is 9.99. The van der Waals surface area contributed by atoms with Crippen molar-refractivity contribution < 1.29 is 10.2 Å². The Morgan fingerprint density at radius 2 is 1.13 bits per heavy atom. The number of rotatable bonds is 11. The molecule has 2 aromatic carbocycles. The molecule has 6 heteroatoms. The molecule has 0 saturated heterocycles. The van der Waals surface area contributed by atoms with Crippen LogP contribution in [0, 0.1) is 13.8 Å². The van der Waals surface area contributed by atoms with E-state index in [4.69, 9.17) is 0 Å². The van der Waals surface area contributed by atoms with E-state index in [1.54, 1.807) is 12.4 Å². The van der Waals surface area contributed by atoms with E-state index in [0.717, 1.165) is 47.9 Å². The van der Waals surface area contributed by atoms with Crippen LogP contribution in [0.15, 0.2) is 46.4 Å². The van der Waals surface area contributed by atoms with Crippen molar-refractivity contribution in [1.29, 1.82) is 0 Å². The molecular weight excluding hydrogens is 412 g/mol. The van der Waals surface area contributed by atoms with Gasteiger partial charge in [0.2, 0.25) is 0 Å². The molecule has 2 rings (SSSR count).